The fourth-order valence-electron chi connectivity index (χ4n) is 1.01. The molecule has 0 bridgehead atoms. The molecule has 1 aromatic heterocycles. The number of imidazole rings is 1. The molecule has 1 aromatic rings. The Morgan fingerprint density at radius 3 is 3.25 bits per heavy atom. The van der Waals surface area contributed by atoms with Gasteiger partial charge in [-0.25, -0.2) is 4.98 Å². The number of hydrogen-bond donors (Lipinski definition) is 4. The number of hydroxylamine groups is 2. The Morgan fingerprint density at radius 2 is 2.50 bits per heavy atom. The number of rotatable bonds is 0. The van der Waals surface area contributed by atoms with E-state index in [0.717, 1.165) is 0 Å². The topological polar surface area (TPSA) is 107 Å². The Balaban J connectivity index is 2.46. The first kappa shape index (κ1) is 7.07. The highest BCUT2D eigenvalue weighted by atomic mass is 16.5. The Labute approximate surface area is 67.1 Å². The summed E-state index contributed by atoms with van der Waals surface area (Å²) in [5.41, 5.74) is 5.54. The van der Waals surface area contributed by atoms with Crippen molar-refractivity contribution in [2.24, 2.45) is 5.73 Å². The molecule has 1 aliphatic rings. The average molecular weight is 169 g/mol. The standard InChI is InChI=1S/C5H7N5O2/c6-5-9-3-2(7-1-8-3)4(11)10(5)12/h1,5,9,12H,6H2,(H,7,8). The van der Waals surface area contributed by atoms with Crippen molar-refractivity contribution >= 4 is 11.7 Å². The van der Waals surface area contributed by atoms with Gasteiger partial charge in [-0.1, -0.05) is 0 Å². The van der Waals surface area contributed by atoms with Crippen molar-refractivity contribution in [3.63, 3.8) is 0 Å². The number of aromatic nitrogens is 2. The molecule has 7 nitrogen and oxygen atoms in total. The molecule has 2 heterocycles. The zero-order valence-corrected chi connectivity index (χ0v) is 5.98. The minimum absolute atomic E-state index is 0.208. The summed E-state index contributed by atoms with van der Waals surface area (Å²) in [5, 5.41) is 12.1. The van der Waals surface area contributed by atoms with Gasteiger partial charge in [0, 0.05) is 0 Å². The van der Waals surface area contributed by atoms with Crippen molar-refractivity contribution in [3.8, 4) is 0 Å². The van der Waals surface area contributed by atoms with Gasteiger partial charge < -0.3 is 10.3 Å². The molecule has 0 saturated heterocycles. The van der Waals surface area contributed by atoms with Gasteiger partial charge in [0.05, 0.1) is 6.33 Å². The summed E-state index contributed by atoms with van der Waals surface area (Å²) in [6, 6.07) is 0. The van der Waals surface area contributed by atoms with Crippen LogP contribution in [0.25, 0.3) is 0 Å². The molecule has 2 rings (SSSR count). The van der Waals surface area contributed by atoms with E-state index in [-0.39, 0.29) is 5.69 Å². The third kappa shape index (κ3) is 0.773. The number of carbonyl (C=O) groups is 1. The van der Waals surface area contributed by atoms with E-state index >= 15 is 0 Å². The van der Waals surface area contributed by atoms with Gasteiger partial charge in [-0.05, 0) is 0 Å². The Hall–Kier alpha value is -1.60. The molecule has 1 unspecified atom stereocenters. The van der Waals surface area contributed by atoms with Crippen LogP contribution in [0.5, 0.6) is 0 Å². The van der Waals surface area contributed by atoms with Crippen LogP contribution in [0.4, 0.5) is 5.82 Å². The van der Waals surface area contributed by atoms with Crippen LogP contribution in [0, 0.1) is 0 Å². The van der Waals surface area contributed by atoms with Gasteiger partial charge in [0.25, 0.3) is 0 Å². The lowest BCUT2D eigenvalue weighted by molar-refractivity contribution is -0.0826. The maximum Gasteiger partial charge on any atom is 0.300 e. The van der Waals surface area contributed by atoms with Crippen LogP contribution in [-0.4, -0.2) is 32.4 Å². The van der Waals surface area contributed by atoms with Crippen LogP contribution >= 0.6 is 0 Å². The number of H-pyrrole nitrogens is 1. The Morgan fingerprint density at radius 1 is 1.75 bits per heavy atom. The van der Waals surface area contributed by atoms with Gasteiger partial charge in [-0.15, -0.1) is 0 Å². The van der Waals surface area contributed by atoms with Gasteiger partial charge in [-0.3, -0.25) is 15.7 Å². The highest BCUT2D eigenvalue weighted by Crippen LogP contribution is 2.17. The quantitative estimate of drug-likeness (QED) is 0.369. The molecule has 0 radical (unpaired) electrons. The number of nitrogens with one attached hydrogen (secondary N) is 2. The number of amides is 1. The first-order valence-electron chi connectivity index (χ1n) is 3.28. The number of hydrogen-bond acceptors (Lipinski definition) is 5. The summed E-state index contributed by atoms with van der Waals surface area (Å²) in [6.07, 6.45) is 0.412. The number of fused-ring (bicyclic) bond motifs is 1. The third-order valence-electron chi connectivity index (χ3n) is 1.61. The summed E-state index contributed by atoms with van der Waals surface area (Å²) < 4.78 is 0. The maximum atomic E-state index is 11.2. The van der Waals surface area contributed by atoms with Gasteiger partial charge in [-0.2, -0.15) is 5.06 Å². The largest absolute Gasteiger partial charge is 0.339 e. The summed E-state index contributed by atoms with van der Waals surface area (Å²) in [5.74, 6) is -0.230. The van der Waals surface area contributed by atoms with Gasteiger partial charge in [0.2, 0.25) is 0 Å². The van der Waals surface area contributed by atoms with Crippen molar-refractivity contribution in [2.75, 3.05) is 5.32 Å². The Bertz CT molecular complexity index is 321. The summed E-state index contributed by atoms with van der Waals surface area (Å²) in [6.45, 7) is 0. The zero-order chi connectivity index (χ0) is 8.72. The molecule has 5 N–H and O–H groups in total. The smallest absolute Gasteiger partial charge is 0.300 e. The average Bonchev–Trinajstić information content (AvgIpc) is 2.48. The van der Waals surface area contributed by atoms with Crippen LogP contribution in [0.1, 0.15) is 10.5 Å². The van der Waals surface area contributed by atoms with E-state index in [1.54, 1.807) is 0 Å². The molecule has 12 heavy (non-hydrogen) atoms. The number of anilines is 1. The number of nitrogens with two attached hydrogens (primary N) is 1. The molecular formula is C5H7N5O2. The van der Waals surface area contributed by atoms with E-state index < -0.39 is 12.2 Å². The van der Waals surface area contributed by atoms with E-state index in [9.17, 15) is 4.79 Å². The van der Waals surface area contributed by atoms with Gasteiger partial charge in [0.15, 0.2) is 17.8 Å². The molecular weight excluding hydrogens is 162 g/mol. The predicted molar refractivity (Wildman–Crippen MR) is 38.1 cm³/mol. The zero-order valence-electron chi connectivity index (χ0n) is 5.98. The molecule has 1 amide bonds. The van der Waals surface area contributed by atoms with Gasteiger partial charge in [0.1, 0.15) is 0 Å². The highest BCUT2D eigenvalue weighted by molar-refractivity contribution is 5.97. The molecule has 1 aliphatic heterocycles. The van der Waals surface area contributed by atoms with Crippen LogP contribution in [0.3, 0.4) is 0 Å². The minimum Gasteiger partial charge on any atom is -0.339 e. The molecule has 0 aromatic carbocycles. The maximum absolute atomic E-state index is 11.2. The lowest BCUT2D eigenvalue weighted by Gasteiger charge is -2.27. The highest BCUT2D eigenvalue weighted by Gasteiger charge is 2.30. The van der Waals surface area contributed by atoms with Crippen LogP contribution in [0.2, 0.25) is 0 Å². The SMILES string of the molecule is NC1Nc2nc[nH]c2C(=O)N1O. The van der Waals surface area contributed by atoms with E-state index in [1.165, 1.54) is 6.33 Å². The first-order chi connectivity index (χ1) is 5.70. The lowest BCUT2D eigenvalue weighted by Crippen LogP contribution is -2.52. The summed E-state index contributed by atoms with van der Waals surface area (Å²) >= 11 is 0. The van der Waals surface area contributed by atoms with Crippen molar-refractivity contribution in [2.45, 2.75) is 6.29 Å². The van der Waals surface area contributed by atoms with Crippen molar-refractivity contribution in [3.05, 3.63) is 12.0 Å². The van der Waals surface area contributed by atoms with Gasteiger partial charge >= 0.3 is 5.91 Å². The normalized spacial score (nSPS) is 22.0. The molecule has 7 heteroatoms. The molecule has 0 fully saturated rings. The fourth-order valence-corrected chi connectivity index (χ4v) is 1.01. The number of carbonyl (C=O) groups excluding carboxylic acids is 1. The third-order valence-corrected chi connectivity index (χ3v) is 1.61. The second-order valence-corrected chi connectivity index (χ2v) is 2.37. The second kappa shape index (κ2) is 2.19. The predicted octanol–water partition coefficient (Wildman–Crippen LogP) is -1.09. The Kier molecular flexibility index (Phi) is 1.29. The van der Waals surface area contributed by atoms with Crippen molar-refractivity contribution in [1.82, 2.24) is 15.0 Å². The van der Waals surface area contributed by atoms with Crippen molar-refractivity contribution < 1.29 is 10.0 Å². The lowest BCUT2D eigenvalue weighted by atomic mass is 10.3. The minimum atomic E-state index is -0.937. The molecule has 0 spiro atoms. The number of aromatic amines is 1. The van der Waals surface area contributed by atoms with E-state index in [0.29, 0.717) is 10.9 Å². The van der Waals surface area contributed by atoms with E-state index in [4.69, 9.17) is 10.9 Å². The molecule has 0 saturated carbocycles. The van der Waals surface area contributed by atoms with Crippen LogP contribution in [-0.2, 0) is 0 Å². The van der Waals surface area contributed by atoms with E-state index in [1.807, 2.05) is 0 Å². The van der Waals surface area contributed by atoms with Crippen LogP contribution in [0.15, 0.2) is 6.33 Å². The van der Waals surface area contributed by atoms with Crippen molar-refractivity contribution in [1.29, 1.82) is 0 Å². The second-order valence-electron chi connectivity index (χ2n) is 2.37. The molecule has 0 aliphatic carbocycles. The summed E-state index contributed by atoms with van der Waals surface area (Å²) in [7, 11) is 0. The fraction of sp³-hybridized carbons (Fsp3) is 0.200. The molecule has 64 valence electrons. The summed E-state index contributed by atoms with van der Waals surface area (Å²) in [4.78, 5) is 17.5. The van der Waals surface area contributed by atoms with E-state index in [2.05, 4.69) is 15.3 Å². The monoisotopic (exact) mass is 169 g/mol. The first-order valence-corrected chi connectivity index (χ1v) is 3.28. The number of nitrogens with zero attached hydrogens (tertiary/aromatic N) is 2. The molecule has 1 atom stereocenters. The van der Waals surface area contributed by atoms with Crippen LogP contribution < -0.4 is 11.1 Å².